The van der Waals surface area contributed by atoms with Crippen molar-refractivity contribution in [1.82, 2.24) is 9.55 Å². The van der Waals surface area contributed by atoms with E-state index in [1.165, 1.54) is 47.7 Å². The zero-order valence-corrected chi connectivity index (χ0v) is 17.7. The van der Waals surface area contributed by atoms with Gasteiger partial charge < -0.3 is 4.57 Å². The number of nitrogens with zero attached hydrogens (tertiary/aromatic N) is 2. The highest BCUT2D eigenvalue weighted by atomic mass is 32.2. The first-order valence-electron chi connectivity index (χ1n) is 8.91. The van der Waals surface area contributed by atoms with E-state index in [4.69, 9.17) is 0 Å². The molecule has 9 heteroatoms. The molecule has 0 aliphatic rings. The van der Waals surface area contributed by atoms with Crippen LogP contribution in [0.5, 0.6) is 0 Å². The van der Waals surface area contributed by atoms with Gasteiger partial charge in [-0.1, -0.05) is 0 Å². The summed E-state index contributed by atoms with van der Waals surface area (Å²) >= 11 is 1.37. The Kier molecular flexibility index (Phi) is 5.17. The fraction of sp³-hybridized carbons (Fsp3) is 0.0952. The molecule has 0 aliphatic heterocycles. The summed E-state index contributed by atoms with van der Waals surface area (Å²) in [5.74, 6) is -0.771. The Labute approximate surface area is 176 Å². The number of hydrogen-bond donors (Lipinski definition) is 1. The van der Waals surface area contributed by atoms with Gasteiger partial charge in [-0.05, 0) is 61.5 Å². The van der Waals surface area contributed by atoms with Gasteiger partial charge in [0.1, 0.15) is 21.5 Å². The molecule has 1 N–H and O–H groups in total. The molecule has 0 bridgehead atoms. The number of benzene rings is 2. The van der Waals surface area contributed by atoms with Crippen LogP contribution in [0.15, 0.2) is 64.9 Å². The van der Waals surface area contributed by atoms with E-state index in [0.29, 0.717) is 22.1 Å². The van der Waals surface area contributed by atoms with E-state index in [1.54, 1.807) is 36.7 Å². The lowest BCUT2D eigenvalue weighted by atomic mass is 10.2. The van der Waals surface area contributed by atoms with Crippen molar-refractivity contribution in [3.8, 4) is 22.0 Å². The first kappa shape index (κ1) is 20.2. The van der Waals surface area contributed by atoms with Crippen LogP contribution >= 0.6 is 11.3 Å². The number of halogens is 2. The summed E-state index contributed by atoms with van der Waals surface area (Å²) in [7, 11) is -2.11. The normalized spacial score (nSPS) is 11.6. The second-order valence-electron chi connectivity index (χ2n) is 6.70. The first-order valence-corrected chi connectivity index (χ1v) is 11.3. The molecular formula is C21H17F2N3O2S2. The topological polar surface area (TPSA) is 64.0 Å². The van der Waals surface area contributed by atoms with Gasteiger partial charge in [0, 0.05) is 29.4 Å². The maximum absolute atomic E-state index is 13.2. The van der Waals surface area contributed by atoms with Crippen LogP contribution in [0.3, 0.4) is 0 Å². The van der Waals surface area contributed by atoms with Crippen molar-refractivity contribution in [1.29, 1.82) is 0 Å². The van der Waals surface area contributed by atoms with Crippen LogP contribution in [0.25, 0.3) is 22.0 Å². The molecule has 0 unspecified atom stereocenters. The summed E-state index contributed by atoms with van der Waals surface area (Å²) in [6.07, 6.45) is 0. The lowest BCUT2D eigenvalue weighted by molar-refractivity contribution is 0.600. The van der Waals surface area contributed by atoms with E-state index >= 15 is 0 Å². The summed E-state index contributed by atoms with van der Waals surface area (Å²) in [4.78, 5) is 4.70. The van der Waals surface area contributed by atoms with Gasteiger partial charge in [-0.15, -0.1) is 11.3 Å². The van der Waals surface area contributed by atoms with Crippen molar-refractivity contribution in [3.63, 3.8) is 0 Å². The molecule has 0 radical (unpaired) electrons. The first-order chi connectivity index (χ1) is 14.2. The minimum absolute atomic E-state index is 0.114. The fourth-order valence-corrected chi connectivity index (χ4v) is 5.25. The van der Waals surface area contributed by atoms with Gasteiger partial charge in [0.05, 0.1) is 11.4 Å². The number of aromatic nitrogens is 2. The molecule has 30 heavy (non-hydrogen) atoms. The van der Waals surface area contributed by atoms with Crippen LogP contribution in [-0.2, 0) is 17.1 Å². The minimum atomic E-state index is -3.87. The van der Waals surface area contributed by atoms with Crippen molar-refractivity contribution in [2.45, 2.75) is 11.8 Å². The second-order valence-corrected chi connectivity index (χ2v) is 9.20. The molecule has 0 spiro atoms. The van der Waals surface area contributed by atoms with Crippen LogP contribution in [0.4, 0.5) is 14.5 Å². The van der Waals surface area contributed by atoms with Crippen molar-refractivity contribution < 1.29 is 17.2 Å². The SMILES string of the molecule is Cc1c(S(=O)(=O)Nc2ccc(F)cc2)cc(-c2nc(-c3ccc(F)cc3)cs2)n1C. The molecule has 0 atom stereocenters. The third-order valence-electron chi connectivity index (χ3n) is 4.74. The molecule has 0 fully saturated rings. The highest BCUT2D eigenvalue weighted by molar-refractivity contribution is 7.92. The zero-order valence-electron chi connectivity index (χ0n) is 16.1. The molecule has 154 valence electrons. The van der Waals surface area contributed by atoms with E-state index < -0.39 is 15.8 Å². The second kappa shape index (κ2) is 7.66. The van der Waals surface area contributed by atoms with E-state index in [9.17, 15) is 17.2 Å². The summed E-state index contributed by atoms with van der Waals surface area (Å²) in [6.45, 7) is 1.71. The molecule has 2 heterocycles. The Morgan fingerprint density at radius 3 is 2.23 bits per heavy atom. The molecular weight excluding hydrogens is 428 g/mol. The summed E-state index contributed by atoms with van der Waals surface area (Å²) < 4.78 is 56.3. The molecule has 5 nitrogen and oxygen atoms in total. The lowest BCUT2D eigenvalue weighted by Gasteiger charge is -2.08. The number of rotatable bonds is 5. The van der Waals surface area contributed by atoms with Gasteiger partial charge >= 0.3 is 0 Å². The number of anilines is 1. The monoisotopic (exact) mass is 445 g/mol. The van der Waals surface area contributed by atoms with E-state index in [1.807, 2.05) is 5.38 Å². The van der Waals surface area contributed by atoms with Crippen molar-refractivity contribution in [2.75, 3.05) is 4.72 Å². The Bertz CT molecular complexity index is 1310. The third-order valence-corrected chi connectivity index (χ3v) is 7.10. The van der Waals surface area contributed by atoms with Crippen LogP contribution < -0.4 is 4.72 Å². The quantitative estimate of drug-likeness (QED) is 0.459. The van der Waals surface area contributed by atoms with E-state index in [2.05, 4.69) is 9.71 Å². The number of thiazole rings is 1. The minimum Gasteiger partial charge on any atom is -0.345 e. The Balaban J connectivity index is 1.68. The largest absolute Gasteiger partial charge is 0.345 e. The van der Waals surface area contributed by atoms with Gasteiger partial charge in [-0.3, -0.25) is 4.72 Å². The van der Waals surface area contributed by atoms with Crippen LogP contribution in [0.1, 0.15) is 5.69 Å². The van der Waals surface area contributed by atoms with E-state index in [-0.39, 0.29) is 16.4 Å². The molecule has 2 aromatic heterocycles. The van der Waals surface area contributed by atoms with Crippen molar-refractivity contribution in [3.05, 3.63) is 77.3 Å². The van der Waals surface area contributed by atoms with E-state index in [0.717, 1.165) is 5.56 Å². The van der Waals surface area contributed by atoms with Crippen molar-refractivity contribution in [2.24, 2.45) is 7.05 Å². The third kappa shape index (κ3) is 3.86. The molecule has 0 saturated carbocycles. The predicted octanol–water partition coefficient (Wildman–Crippen LogP) is 5.20. The maximum Gasteiger partial charge on any atom is 0.263 e. The summed E-state index contributed by atoms with van der Waals surface area (Å²) in [6, 6.07) is 12.7. The van der Waals surface area contributed by atoms with Gasteiger partial charge in [-0.2, -0.15) is 0 Å². The van der Waals surface area contributed by atoms with Gasteiger partial charge in [0.25, 0.3) is 10.0 Å². The number of hydrogen-bond acceptors (Lipinski definition) is 4. The Morgan fingerprint density at radius 2 is 1.60 bits per heavy atom. The molecule has 2 aromatic carbocycles. The number of sulfonamides is 1. The summed E-state index contributed by atoms with van der Waals surface area (Å²) in [5.41, 5.74) is 2.91. The summed E-state index contributed by atoms with van der Waals surface area (Å²) in [5, 5.41) is 2.48. The van der Waals surface area contributed by atoms with Crippen LogP contribution in [-0.4, -0.2) is 18.0 Å². The number of nitrogens with one attached hydrogen (secondary N) is 1. The average Bonchev–Trinajstić information content (AvgIpc) is 3.30. The molecule has 0 aliphatic carbocycles. The average molecular weight is 446 g/mol. The van der Waals surface area contributed by atoms with Crippen LogP contribution in [0, 0.1) is 18.6 Å². The molecule has 0 amide bonds. The maximum atomic E-state index is 13.2. The molecule has 0 saturated heterocycles. The Morgan fingerprint density at radius 1 is 1.00 bits per heavy atom. The van der Waals surface area contributed by atoms with Crippen molar-refractivity contribution >= 4 is 27.0 Å². The Hall–Kier alpha value is -3.04. The lowest BCUT2D eigenvalue weighted by Crippen LogP contribution is -2.13. The molecule has 4 rings (SSSR count). The van der Waals surface area contributed by atoms with Gasteiger partial charge in [0.2, 0.25) is 0 Å². The fourth-order valence-electron chi connectivity index (χ4n) is 3.02. The van der Waals surface area contributed by atoms with Gasteiger partial charge in [0.15, 0.2) is 0 Å². The molecule has 4 aromatic rings. The van der Waals surface area contributed by atoms with Crippen LogP contribution in [0.2, 0.25) is 0 Å². The zero-order chi connectivity index (χ0) is 21.5. The highest BCUT2D eigenvalue weighted by Gasteiger charge is 2.23. The predicted molar refractivity (Wildman–Crippen MR) is 114 cm³/mol. The standard InChI is InChI=1S/C21H17F2N3O2S2/c1-13-20(30(27,28)25-17-9-7-16(23)8-10-17)11-19(26(13)2)21-24-18(12-29-21)14-3-5-15(22)6-4-14/h3-12,25H,1-2H3. The van der Waals surface area contributed by atoms with Gasteiger partial charge in [-0.25, -0.2) is 22.2 Å². The smallest absolute Gasteiger partial charge is 0.263 e. The highest BCUT2D eigenvalue weighted by Crippen LogP contribution is 2.33.